The number of nitrogens with zero attached hydrogens (tertiary/aromatic N) is 1. The summed E-state index contributed by atoms with van der Waals surface area (Å²) in [7, 11) is 0. The third-order valence-corrected chi connectivity index (χ3v) is 4.67. The van der Waals surface area contributed by atoms with Crippen LogP contribution in [0.2, 0.25) is 10.0 Å². The Morgan fingerprint density at radius 2 is 2.05 bits per heavy atom. The Morgan fingerprint density at radius 1 is 1.29 bits per heavy atom. The van der Waals surface area contributed by atoms with Gasteiger partial charge in [-0.05, 0) is 30.5 Å². The van der Waals surface area contributed by atoms with E-state index in [0.29, 0.717) is 35.6 Å². The lowest BCUT2D eigenvalue weighted by atomic mass is 10.1. The molecule has 1 heterocycles. The molecule has 3 rings (SSSR count). The summed E-state index contributed by atoms with van der Waals surface area (Å²) >= 11 is 11.9. The van der Waals surface area contributed by atoms with Gasteiger partial charge < -0.3 is 10.2 Å². The van der Waals surface area contributed by atoms with Gasteiger partial charge in [-0.15, -0.1) is 0 Å². The maximum Gasteiger partial charge on any atom is 0.228 e. The zero-order chi connectivity index (χ0) is 15.0. The Kier molecular flexibility index (Phi) is 4.09. The van der Waals surface area contributed by atoms with E-state index in [1.54, 1.807) is 12.1 Å². The highest BCUT2D eigenvalue weighted by Crippen LogP contribution is 2.32. The van der Waals surface area contributed by atoms with Gasteiger partial charge in [-0.1, -0.05) is 29.3 Å². The van der Waals surface area contributed by atoms with Gasteiger partial charge in [0.05, 0.1) is 16.0 Å². The molecule has 0 aromatic heterocycles. The van der Waals surface area contributed by atoms with Crippen LogP contribution < -0.4 is 5.32 Å². The quantitative estimate of drug-likeness (QED) is 0.924. The SMILES string of the molecule is O=C1CC(C(=O)N(Cc2ccc(Cl)c(Cl)c2)C2CC2)CN1. The van der Waals surface area contributed by atoms with Crippen molar-refractivity contribution in [2.45, 2.75) is 31.8 Å². The first-order valence-electron chi connectivity index (χ1n) is 7.05. The Bertz CT molecular complexity index is 587. The van der Waals surface area contributed by atoms with Crippen molar-refractivity contribution in [3.8, 4) is 0 Å². The van der Waals surface area contributed by atoms with Crippen molar-refractivity contribution in [1.82, 2.24) is 10.2 Å². The van der Waals surface area contributed by atoms with E-state index in [2.05, 4.69) is 5.32 Å². The number of amides is 2. The zero-order valence-electron chi connectivity index (χ0n) is 11.4. The molecule has 0 spiro atoms. The number of halogens is 2. The van der Waals surface area contributed by atoms with Crippen LogP contribution in [0, 0.1) is 5.92 Å². The normalized spacial score (nSPS) is 21.2. The maximum atomic E-state index is 12.6. The summed E-state index contributed by atoms with van der Waals surface area (Å²) in [5.74, 6) is -0.221. The summed E-state index contributed by atoms with van der Waals surface area (Å²) in [6.07, 6.45) is 2.35. The topological polar surface area (TPSA) is 49.4 Å². The van der Waals surface area contributed by atoms with Crippen molar-refractivity contribution in [2.24, 2.45) is 5.92 Å². The second kappa shape index (κ2) is 5.85. The van der Waals surface area contributed by atoms with E-state index < -0.39 is 0 Å². The largest absolute Gasteiger partial charge is 0.355 e. The first kappa shape index (κ1) is 14.7. The van der Waals surface area contributed by atoms with E-state index in [0.717, 1.165) is 18.4 Å². The zero-order valence-corrected chi connectivity index (χ0v) is 13.0. The van der Waals surface area contributed by atoms with Crippen LogP contribution in [0.15, 0.2) is 18.2 Å². The molecule has 1 aliphatic heterocycles. The second-order valence-corrected chi connectivity index (χ2v) is 6.47. The van der Waals surface area contributed by atoms with E-state index in [-0.39, 0.29) is 17.7 Å². The molecule has 1 aromatic rings. The highest BCUT2D eigenvalue weighted by Gasteiger charge is 2.38. The smallest absolute Gasteiger partial charge is 0.228 e. The fourth-order valence-electron chi connectivity index (χ4n) is 2.62. The molecule has 1 aromatic carbocycles. The fraction of sp³-hybridized carbons (Fsp3) is 0.467. The van der Waals surface area contributed by atoms with Crippen LogP contribution in [0.25, 0.3) is 0 Å². The first-order valence-corrected chi connectivity index (χ1v) is 7.81. The maximum absolute atomic E-state index is 12.6. The summed E-state index contributed by atoms with van der Waals surface area (Å²) in [5.41, 5.74) is 0.960. The second-order valence-electron chi connectivity index (χ2n) is 5.65. The molecule has 1 atom stereocenters. The lowest BCUT2D eigenvalue weighted by molar-refractivity contribution is -0.137. The van der Waals surface area contributed by atoms with E-state index >= 15 is 0 Å². The third kappa shape index (κ3) is 3.33. The molecule has 112 valence electrons. The van der Waals surface area contributed by atoms with E-state index in [4.69, 9.17) is 23.2 Å². The molecule has 1 saturated heterocycles. The number of hydrogen-bond acceptors (Lipinski definition) is 2. The van der Waals surface area contributed by atoms with Crippen LogP contribution in [0.5, 0.6) is 0 Å². The number of rotatable bonds is 4. The number of hydrogen-bond donors (Lipinski definition) is 1. The number of nitrogens with one attached hydrogen (secondary N) is 1. The van der Waals surface area contributed by atoms with Gasteiger partial charge in [-0.25, -0.2) is 0 Å². The first-order chi connectivity index (χ1) is 10.0. The summed E-state index contributed by atoms with van der Waals surface area (Å²) in [6.45, 7) is 0.966. The lowest BCUT2D eigenvalue weighted by Crippen LogP contribution is -2.38. The summed E-state index contributed by atoms with van der Waals surface area (Å²) in [6, 6.07) is 5.72. The summed E-state index contributed by atoms with van der Waals surface area (Å²) in [5, 5.41) is 3.73. The molecular weight excluding hydrogens is 311 g/mol. The predicted octanol–water partition coefficient (Wildman–Crippen LogP) is 2.62. The van der Waals surface area contributed by atoms with Gasteiger partial charge in [-0.2, -0.15) is 0 Å². The highest BCUT2D eigenvalue weighted by molar-refractivity contribution is 6.42. The van der Waals surface area contributed by atoms with E-state index in [1.165, 1.54) is 0 Å². The number of benzene rings is 1. The minimum atomic E-state index is -0.235. The molecule has 2 amide bonds. The molecule has 2 aliphatic rings. The standard InChI is InChI=1S/C15H16Cl2N2O2/c16-12-4-1-9(5-13(12)17)8-19(11-2-3-11)15(21)10-6-14(20)18-7-10/h1,4-5,10-11H,2-3,6-8H2,(H,18,20). The van der Waals surface area contributed by atoms with Gasteiger partial charge in [0.15, 0.2) is 0 Å². The molecule has 1 aliphatic carbocycles. The van der Waals surface area contributed by atoms with Gasteiger partial charge >= 0.3 is 0 Å². The lowest BCUT2D eigenvalue weighted by Gasteiger charge is -2.25. The van der Waals surface area contributed by atoms with Gasteiger partial charge in [0, 0.05) is 25.6 Å². The predicted molar refractivity (Wildman–Crippen MR) is 81.2 cm³/mol. The molecule has 6 heteroatoms. The third-order valence-electron chi connectivity index (χ3n) is 3.93. The van der Waals surface area contributed by atoms with Crippen molar-refractivity contribution in [3.05, 3.63) is 33.8 Å². The van der Waals surface area contributed by atoms with Crippen LogP contribution in [-0.4, -0.2) is 29.3 Å². The number of carbonyl (C=O) groups is 2. The molecule has 21 heavy (non-hydrogen) atoms. The average molecular weight is 327 g/mol. The van der Waals surface area contributed by atoms with E-state index in [1.807, 2.05) is 11.0 Å². The minimum Gasteiger partial charge on any atom is -0.355 e. The molecule has 0 radical (unpaired) electrons. The van der Waals surface area contributed by atoms with Gasteiger partial charge in [0.1, 0.15) is 0 Å². The van der Waals surface area contributed by atoms with Crippen LogP contribution in [0.4, 0.5) is 0 Å². The monoisotopic (exact) mass is 326 g/mol. The van der Waals surface area contributed by atoms with Crippen molar-refractivity contribution in [1.29, 1.82) is 0 Å². The Hall–Kier alpha value is -1.26. The van der Waals surface area contributed by atoms with Gasteiger partial charge in [0.2, 0.25) is 11.8 Å². The van der Waals surface area contributed by atoms with Crippen LogP contribution in [-0.2, 0) is 16.1 Å². The molecule has 1 N–H and O–H groups in total. The van der Waals surface area contributed by atoms with Gasteiger partial charge in [-0.3, -0.25) is 9.59 Å². The van der Waals surface area contributed by atoms with E-state index in [9.17, 15) is 9.59 Å². The Morgan fingerprint density at radius 3 is 2.62 bits per heavy atom. The van der Waals surface area contributed by atoms with Crippen LogP contribution >= 0.6 is 23.2 Å². The molecule has 1 unspecified atom stereocenters. The van der Waals surface area contributed by atoms with Gasteiger partial charge in [0.25, 0.3) is 0 Å². The fourth-order valence-corrected chi connectivity index (χ4v) is 2.94. The van der Waals surface area contributed by atoms with Crippen molar-refractivity contribution >= 4 is 35.0 Å². The molecule has 2 fully saturated rings. The minimum absolute atomic E-state index is 0.0429. The average Bonchev–Trinajstić information content (AvgIpc) is 3.20. The Balaban J connectivity index is 1.74. The van der Waals surface area contributed by atoms with Crippen molar-refractivity contribution in [2.75, 3.05) is 6.54 Å². The van der Waals surface area contributed by atoms with Crippen molar-refractivity contribution in [3.63, 3.8) is 0 Å². The van der Waals surface area contributed by atoms with Crippen LogP contribution in [0.1, 0.15) is 24.8 Å². The molecular formula is C15H16Cl2N2O2. The number of carbonyl (C=O) groups excluding carboxylic acids is 2. The molecule has 4 nitrogen and oxygen atoms in total. The summed E-state index contributed by atoms with van der Waals surface area (Å²) < 4.78 is 0. The molecule has 0 bridgehead atoms. The van der Waals surface area contributed by atoms with Crippen molar-refractivity contribution < 1.29 is 9.59 Å². The highest BCUT2D eigenvalue weighted by atomic mass is 35.5. The van der Waals surface area contributed by atoms with Crippen LogP contribution in [0.3, 0.4) is 0 Å². The summed E-state index contributed by atoms with van der Waals surface area (Å²) in [4.78, 5) is 25.8. The molecule has 1 saturated carbocycles. The Labute approximate surface area is 133 Å².